The lowest BCUT2D eigenvalue weighted by atomic mass is 9.86. The SMILES string of the molecule is OC(CCCC(c1ccccc1)c1ccccc1)c1ccccc1. The molecule has 0 aromatic heterocycles. The van der Waals surface area contributed by atoms with E-state index in [0.29, 0.717) is 5.92 Å². The summed E-state index contributed by atoms with van der Waals surface area (Å²) >= 11 is 0. The van der Waals surface area contributed by atoms with Gasteiger partial charge >= 0.3 is 0 Å². The molecular formula is C23H24O. The smallest absolute Gasteiger partial charge is 0.0790 e. The zero-order valence-corrected chi connectivity index (χ0v) is 13.9. The minimum atomic E-state index is -0.376. The summed E-state index contributed by atoms with van der Waals surface area (Å²) in [5.41, 5.74) is 3.70. The fourth-order valence-corrected chi connectivity index (χ4v) is 3.25. The molecule has 1 heteroatoms. The standard InChI is InChI=1S/C23H24O/c24-23(21-15-8-3-9-16-21)18-10-17-22(19-11-4-1-5-12-19)20-13-6-2-7-14-20/h1-9,11-16,22-24H,10,17-18H2. The highest BCUT2D eigenvalue weighted by atomic mass is 16.3. The second-order valence-corrected chi connectivity index (χ2v) is 6.23. The van der Waals surface area contributed by atoms with Gasteiger partial charge in [-0.15, -0.1) is 0 Å². The lowest BCUT2D eigenvalue weighted by molar-refractivity contribution is 0.163. The molecule has 3 aromatic rings. The fraction of sp³-hybridized carbons (Fsp3) is 0.217. The van der Waals surface area contributed by atoms with Crippen molar-refractivity contribution in [2.45, 2.75) is 31.3 Å². The highest BCUT2D eigenvalue weighted by Gasteiger charge is 2.15. The van der Waals surface area contributed by atoms with E-state index in [-0.39, 0.29) is 6.10 Å². The van der Waals surface area contributed by atoms with E-state index in [9.17, 15) is 5.11 Å². The van der Waals surface area contributed by atoms with E-state index in [0.717, 1.165) is 24.8 Å². The van der Waals surface area contributed by atoms with Crippen molar-refractivity contribution in [3.05, 3.63) is 108 Å². The molecular weight excluding hydrogens is 292 g/mol. The van der Waals surface area contributed by atoms with Gasteiger partial charge in [0.05, 0.1) is 6.10 Å². The van der Waals surface area contributed by atoms with Crippen molar-refractivity contribution in [3.8, 4) is 0 Å². The third-order valence-electron chi connectivity index (χ3n) is 4.56. The highest BCUT2D eigenvalue weighted by Crippen LogP contribution is 2.31. The number of hydrogen-bond donors (Lipinski definition) is 1. The van der Waals surface area contributed by atoms with E-state index >= 15 is 0 Å². The molecule has 0 bridgehead atoms. The minimum Gasteiger partial charge on any atom is -0.388 e. The van der Waals surface area contributed by atoms with Gasteiger partial charge in [-0.1, -0.05) is 91.0 Å². The Morgan fingerprint density at radius 3 is 1.42 bits per heavy atom. The first kappa shape index (κ1) is 16.5. The normalized spacial score (nSPS) is 12.2. The number of aliphatic hydroxyl groups excluding tert-OH is 1. The molecule has 122 valence electrons. The first-order valence-corrected chi connectivity index (χ1v) is 8.67. The molecule has 0 radical (unpaired) electrons. The maximum atomic E-state index is 10.4. The van der Waals surface area contributed by atoms with Crippen LogP contribution in [0.3, 0.4) is 0 Å². The molecule has 0 aliphatic carbocycles. The number of aliphatic hydroxyl groups is 1. The maximum absolute atomic E-state index is 10.4. The molecule has 0 saturated carbocycles. The van der Waals surface area contributed by atoms with Crippen molar-refractivity contribution >= 4 is 0 Å². The second kappa shape index (κ2) is 8.47. The quantitative estimate of drug-likeness (QED) is 0.591. The van der Waals surface area contributed by atoms with E-state index < -0.39 is 0 Å². The summed E-state index contributed by atoms with van der Waals surface area (Å²) in [6.45, 7) is 0. The van der Waals surface area contributed by atoms with E-state index in [4.69, 9.17) is 0 Å². The van der Waals surface area contributed by atoms with Crippen LogP contribution in [0.25, 0.3) is 0 Å². The second-order valence-electron chi connectivity index (χ2n) is 6.23. The Morgan fingerprint density at radius 2 is 0.958 bits per heavy atom. The molecule has 1 atom stereocenters. The van der Waals surface area contributed by atoms with Crippen LogP contribution in [0.4, 0.5) is 0 Å². The third-order valence-corrected chi connectivity index (χ3v) is 4.56. The van der Waals surface area contributed by atoms with Crippen LogP contribution in [-0.2, 0) is 0 Å². The van der Waals surface area contributed by atoms with Crippen LogP contribution in [0.15, 0.2) is 91.0 Å². The van der Waals surface area contributed by atoms with Crippen LogP contribution in [-0.4, -0.2) is 5.11 Å². The summed E-state index contributed by atoms with van der Waals surface area (Å²) in [4.78, 5) is 0. The summed E-state index contributed by atoms with van der Waals surface area (Å²) in [7, 11) is 0. The molecule has 24 heavy (non-hydrogen) atoms. The molecule has 3 rings (SSSR count). The van der Waals surface area contributed by atoms with Crippen LogP contribution in [0.5, 0.6) is 0 Å². The lowest BCUT2D eigenvalue weighted by Crippen LogP contribution is -2.03. The maximum Gasteiger partial charge on any atom is 0.0790 e. The summed E-state index contributed by atoms with van der Waals surface area (Å²) in [6, 6.07) is 31.3. The van der Waals surface area contributed by atoms with Crippen molar-refractivity contribution in [3.63, 3.8) is 0 Å². The highest BCUT2D eigenvalue weighted by molar-refractivity contribution is 5.32. The van der Waals surface area contributed by atoms with Gasteiger partial charge in [0.15, 0.2) is 0 Å². The van der Waals surface area contributed by atoms with E-state index in [2.05, 4.69) is 60.7 Å². The third kappa shape index (κ3) is 4.33. The topological polar surface area (TPSA) is 20.2 Å². The molecule has 0 aliphatic rings. The Labute approximate surface area is 144 Å². The predicted octanol–water partition coefficient (Wildman–Crippen LogP) is 5.72. The molecule has 1 nitrogen and oxygen atoms in total. The Hall–Kier alpha value is -2.38. The predicted molar refractivity (Wildman–Crippen MR) is 100.0 cm³/mol. The summed E-state index contributed by atoms with van der Waals surface area (Å²) < 4.78 is 0. The molecule has 0 fully saturated rings. The molecule has 0 spiro atoms. The molecule has 0 aliphatic heterocycles. The van der Waals surface area contributed by atoms with Crippen LogP contribution in [0.2, 0.25) is 0 Å². The van der Waals surface area contributed by atoms with Crippen LogP contribution in [0, 0.1) is 0 Å². The van der Waals surface area contributed by atoms with Crippen LogP contribution >= 0.6 is 0 Å². The molecule has 1 N–H and O–H groups in total. The zero-order chi connectivity index (χ0) is 16.6. The summed E-state index contributed by atoms with van der Waals surface area (Å²) in [5.74, 6) is 0.385. The number of benzene rings is 3. The van der Waals surface area contributed by atoms with Gasteiger partial charge in [0.25, 0.3) is 0 Å². The van der Waals surface area contributed by atoms with Gasteiger partial charge in [-0.25, -0.2) is 0 Å². The first-order chi connectivity index (χ1) is 11.8. The van der Waals surface area contributed by atoms with Crippen molar-refractivity contribution in [2.75, 3.05) is 0 Å². The van der Waals surface area contributed by atoms with Crippen molar-refractivity contribution < 1.29 is 5.11 Å². The van der Waals surface area contributed by atoms with Gasteiger partial charge in [0.1, 0.15) is 0 Å². The van der Waals surface area contributed by atoms with Gasteiger partial charge in [-0.05, 0) is 36.0 Å². The monoisotopic (exact) mass is 316 g/mol. The van der Waals surface area contributed by atoms with Crippen LogP contribution in [0.1, 0.15) is 48.0 Å². The molecule has 0 saturated heterocycles. The van der Waals surface area contributed by atoms with Gasteiger partial charge in [-0.3, -0.25) is 0 Å². The van der Waals surface area contributed by atoms with E-state index in [1.54, 1.807) is 0 Å². The molecule has 0 heterocycles. The average Bonchev–Trinajstić information content (AvgIpc) is 2.67. The molecule has 1 unspecified atom stereocenters. The average molecular weight is 316 g/mol. The molecule has 0 amide bonds. The van der Waals surface area contributed by atoms with Crippen LogP contribution < -0.4 is 0 Å². The van der Waals surface area contributed by atoms with Gasteiger partial charge in [0, 0.05) is 5.92 Å². The zero-order valence-electron chi connectivity index (χ0n) is 13.9. The van der Waals surface area contributed by atoms with Gasteiger partial charge < -0.3 is 5.11 Å². The fourth-order valence-electron chi connectivity index (χ4n) is 3.25. The van der Waals surface area contributed by atoms with Gasteiger partial charge in [-0.2, -0.15) is 0 Å². The number of rotatable bonds is 7. The molecule has 3 aromatic carbocycles. The van der Waals surface area contributed by atoms with E-state index in [1.807, 2.05) is 30.3 Å². The largest absolute Gasteiger partial charge is 0.388 e. The Bertz CT molecular complexity index is 667. The minimum absolute atomic E-state index is 0.376. The summed E-state index contributed by atoms with van der Waals surface area (Å²) in [5, 5.41) is 10.4. The van der Waals surface area contributed by atoms with Crippen molar-refractivity contribution in [1.82, 2.24) is 0 Å². The Kier molecular flexibility index (Phi) is 5.81. The Balaban J connectivity index is 1.67. The van der Waals surface area contributed by atoms with Gasteiger partial charge in [0.2, 0.25) is 0 Å². The number of hydrogen-bond acceptors (Lipinski definition) is 1. The Morgan fingerprint density at radius 1 is 0.542 bits per heavy atom. The first-order valence-electron chi connectivity index (χ1n) is 8.67. The van der Waals surface area contributed by atoms with Crippen molar-refractivity contribution in [2.24, 2.45) is 0 Å². The van der Waals surface area contributed by atoms with Crippen molar-refractivity contribution in [1.29, 1.82) is 0 Å². The summed E-state index contributed by atoms with van der Waals surface area (Å²) in [6.07, 6.45) is 2.45. The van der Waals surface area contributed by atoms with E-state index in [1.165, 1.54) is 11.1 Å². The lowest BCUT2D eigenvalue weighted by Gasteiger charge is -2.19.